The maximum Gasteiger partial charge on any atom is 0.230 e. The van der Waals surface area contributed by atoms with Crippen LogP contribution < -0.4 is 0 Å². The smallest absolute Gasteiger partial charge is 0.230 e. The molecule has 1 aliphatic heterocycles. The fourth-order valence-corrected chi connectivity index (χ4v) is 3.15. The predicted octanol–water partition coefficient (Wildman–Crippen LogP) is 3.64. The fraction of sp³-hybridized carbons (Fsp3) is 0.350. The Labute approximate surface area is 137 Å². The molecule has 0 aromatic heterocycles. The van der Waals surface area contributed by atoms with Crippen molar-refractivity contribution in [3.63, 3.8) is 0 Å². The van der Waals surface area contributed by atoms with Crippen LogP contribution in [0.4, 0.5) is 0 Å². The van der Waals surface area contributed by atoms with Crippen LogP contribution in [0.2, 0.25) is 0 Å². The predicted molar refractivity (Wildman–Crippen MR) is 90.7 cm³/mol. The fourth-order valence-electron chi connectivity index (χ4n) is 3.15. The van der Waals surface area contributed by atoms with Gasteiger partial charge in [0, 0.05) is 6.54 Å². The molecule has 1 amide bonds. The first-order valence-electron chi connectivity index (χ1n) is 8.12. The van der Waals surface area contributed by atoms with Gasteiger partial charge in [-0.3, -0.25) is 4.79 Å². The molecule has 0 spiro atoms. The van der Waals surface area contributed by atoms with E-state index in [9.17, 15) is 4.79 Å². The highest BCUT2D eigenvalue weighted by Gasteiger charge is 2.42. The summed E-state index contributed by atoms with van der Waals surface area (Å²) in [6.45, 7) is 3.76. The number of nitrogens with zero attached hydrogens (tertiary/aromatic N) is 1. The van der Waals surface area contributed by atoms with E-state index < -0.39 is 0 Å². The minimum atomic E-state index is -0.308. The Morgan fingerprint density at radius 1 is 1.00 bits per heavy atom. The van der Waals surface area contributed by atoms with Crippen molar-refractivity contribution in [1.29, 1.82) is 0 Å². The average Bonchev–Trinajstić information content (AvgIpc) is 2.85. The number of amides is 1. The summed E-state index contributed by atoms with van der Waals surface area (Å²) >= 11 is 0. The van der Waals surface area contributed by atoms with Gasteiger partial charge in [0.1, 0.15) is 6.73 Å². The minimum Gasteiger partial charge on any atom is -0.356 e. The van der Waals surface area contributed by atoms with Crippen molar-refractivity contribution in [1.82, 2.24) is 4.90 Å². The molecule has 23 heavy (non-hydrogen) atoms. The van der Waals surface area contributed by atoms with Gasteiger partial charge < -0.3 is 9.64 Å². The first-order chi connectivity index (χ1) is 11.2. The molecular weight excluding hydrogens is 286 g/mol. The summed E-state index contributed by atoms with van der Waals surface area (Å²) in [5, 5.41) is 0. The Hall–Kier alpha value is -2.13. The van der Waals surface area contributed by atoms with Crippen molar-refractivity contribution in [2.24, 2.45) is 5.41 Å². The van der Waals surface area contributed by atoms with Gasteiger partial charge in [-0.2, -0.15) is 0 Å². The summed E-state index contributed by atoms with van der Waals surface area (Å²) in [5.41, 5.74) is 2.04. The molecule has 0 N–H and O–H groups in total. The van der Waals surface area contributed by atoms with Crippen molar-refractivity contribution in [2.45, 2.75) is 26.4 Å². The number of hydrogen-bond donors (Lipinski definition) is 0. The zero-order valence-corrected chi connectivity index (χ0v) is 13.6. The van der Waals surface area contributed by atoms with Crippen molar-refractivity contribution in [3.8, 4) is 0 Å². The minimum absolute atomic E-state index is 0.203. The number of benzene rings is 2. The Bertz CT molecular complexity index is 641. The third-order valence-corrected chi connectivity index (χ3v) is 4.53. The number of likely N-dealkylation sites (tertiary alicyclic amines) is 1. The second kappa shape index (κ2) is 6.97. The molecule has 0 aliphatic carbocycles. The summed E-state index contributed by atoms with van der Waals surface area (Å²) in [4.78, 5) is 14.6. The van der Waals surface area contributed by atoms with E-state index in [-0.39, 0.29) is 11.3 Å². The van der Waals surface area contributed by atoms with Crippen LogP contribution in [0.15, 0.2) is 60.7 Å². The Morgan fingerprint density at radius 3 is 2.26 bits per heavy atom. The highest BCUT2D eigenvalue weighted by atomic mass is 16.5. The third-order valence-electron chi connectivity index (χ3n) is 4.53. The number of carbonyl (C=O) groups excluding carboxylic acids is 1. The second-order valence-electron chi connectivity index (χ2n) is 6.50. The van der Waals surface area contributed by atoms with Crippen molar-refractivity contribution >= 4 is 5.91 Å². The molecule has 1 atom stereocenters. The number of carbonyl (C=O) groups is 1. The molecular formula is C20H23NO2. The highest BCUT2D eigenvalue weighted by molar-refractivity contribution is 5.84. The Kier molecular flexibility index (Phi) is 4.77. The van der Waals surface area contributed by atoms with E-state index in [1.165, 1.54) is 5.56 Å². The zero-order valence-electron chi connectivity index (χ0n) is 13.6. The van der Waals surface area contributed by atoms with Crippen molar-refractivity contribution in [3.05, 3.63) is 71.8 Å². The lowest BCUT2D eigenvalue weighted by atomic mass is 9.82. The standard InChI is InChI=1S/C20H23NO2/c1-20(14-17-8-4-2-5-9-17)12-13-21(19(20)22)16-23-15-18-10-6-3-7-11-18/h2-11H,12-16H2,1H3. The van der Waals surface area contributed by atoms with Gasteiger partial charge in [-0.1, -0.05) is 67.6 Å². The van der Waals surface area contributed by atoms with E-state index in [1.807, 2.05) is 53.4 Å². The molecule has 1 aliphatic rings. The van der Waals surface area contributed by atoms with Crippen LogP contribution in [0.3, 0.4) is 0 Å². The van der Waals surface area contributed by atoms with E-state index in [0.717, 1.165) is 24.9 Å². The molecule has 0 radical (unpaired) electrons. The molecule has 1 heterocycles. The lowest BCUT2D eigenvalue weighted by Crippen LogP contribution is -2.35. The van der Waals surface area contributed by atoms with E-state index in [1.54, 1.807) is 0 Å². The Balaban J connectivity index is 1.54. The first-order valence-corrected chi connectivity index (χ1v) is 8.12. The van der Waals surface area contributed by atoms with Crippen molar-refractivity contribution in [2.75, 3.05) is 13.3 Å². The van der Waals surface area contributed by atoms with Crippen LogP contribution in [0.25, 0.3) is 0 Å². The summed E-state index contributed by atoms with van der Waals surface area (Å²) in [7, 11) is 0. The summed E-state index contributed by atoms with van der Waals surface area (Å²) < 4.78 is 5.72. The van der Waals surface area contributed by atoms with E-state index in [4.69, 9.17) is 4.74 Å². The van der Waals surface area contributed by atoms with Gasteiger partial charge in [-0.05, 0) is 24.0 Å². The normalized spacial score (nSPS) is 20.9. The molecule has 2 aromatic carbocycles. The van der Waals surface area contributed by atoms with Gasteiger partial charge in [-0.25, -0.2) is 0 Å². The van der Waals surface area contributed by atoms with Gasteiger partial charge in [-0.15, -0.1) is 0 Å². The summed E-state index contributed by atoms with van der Waals surface area (Å²) in [6.07, 6.45) is 1.68. The molecule has 1 fully saturated rings. The molecule has 3 rings (SSSR count). The van der Waals surface area contributed by atoms with E-state index in [2.05, 4.69) is 19.1 Å². The number of rotatable bonds is 6. The van der Waals surface area contributed by atoms with Gasteiger partial charge in [0.25, 0.3) is 0 Å². The van der Waals surface area contributed by atoms with Crippen molar-refractivity contribution < 1.29 is 9.53 Å². The second-order valence-corrected chi connectivity index (χ2v) is 6.50. The number of ether oxygens (including phenoxy) is 1. The summed E-state index contributed by atoms with van der Waals surface area (Å²) in [5.74, 6) is 0.203. The largest absolute Gasteiger partial charge is 0.356 e. The highest BCUT2D eigenvalue weighted by Crippen LogP contribution is 2.34. The summed E-state index contributed by atoms with van der Waals surface area (Å²) in [6, 6.07) is 20.3. The molecule has 1 saturated heterocycles. The molecule has 0 saturated carbocycles. The third kappa shape index (κ3) is 3.80. The molecule has 0 bridgehead atoms. The molecule has 3 heteroatoms. The monoisotopic (exact) mass is 309 g/mol. The van der Waals surface area contributed by atoms with Crippen LogP contribution in [0.1, 0.15) is 24.5 Å². The first kappa shape index (κ1) is 15.8. The Morgan fingerprint density at radius 2 is 1.61 bits per heavy atom. The lowest BCUT2D eigenvalue weighted by Gasteiger charge is -2.23. The molecule has 120 valence electrons. The van der Waals surface area contributed by atoms with Crippen LogP contribution in [-0.2, 0) is 22.6 Å². The van der Waals surface area contributed by atoms with Crippen LogP contribution in [-0.4, -0.2) is 24.1 Å². The van der Waals surface area contributed by atoms with Gasteiger partial charge in [0.15, 0.2) is 0 Å². The van der Waals surface area contributed by atoms with E-state index in [0.29, 0.717) is 13.3 Å². The lowest BCUT2D eigenvalue weighted by molar-refractivity contribution is -0.140. The average molecular weight is 309 g/mol. The van der Waals surface area contributed by atoms with Crippen LogP contribution in [0.5, 0.6) is 0 Å². The maximum atomic E-state index is 12.7. The van der Waals surface area contributed by atoms with Gasteiger partial charge >= 0.3 is 0 Å². The quantitative estimate of drug-likeness (QED) is 0.815. The molecule has 1 unspecified atom stereocenters. The zero-order chi connectivity index (χ0) is 16.1. The molecule has 2 aromatic rings. The SMILES string of the molecule is CC1(Cc2ccccc2)CCN(COCc2ccccc2)C1=O. The van der Waals surface area contributed by atoms with Gasteiger partial charge in [0.2, 0.25) is 5.91 Å². The van der Waals surface area contributed by atoms with Crippen LogP contribution >= 0.6 is 0 Å². The maximum absolute atomic E-state index is 12.7. The topological polar surface area (TPSA) is 29.5 Å². The number of hydrogen-bond acceptors (Lipinski definition) is 2. The van der Waals surface area contributed by atoms with E-state index >= 15 is 0 Å². The van der Waals surface area contributed by atoms with Gasteiger partial charge in [0.05, 0.1) is 12.0 Å². The van der Waals surface area contributed by atoms with Crippen LogP contribution in [0, 0.1) is 5.41 Å². The molecule has 3 nitrogen and oxygen atoms in total.